The van der Waals surface area contributed by atoms with Crippen LogP contribution in [0.1, 0.15) is 17.4 Å². The van der Waals surface area contributed by atoms with Crippen LogP contribution in [0.15, 0.2) is 64.3 Å². The van der Waals surface area contributed by atoms with E-state index in [1.165, 1.54) is 19.1 Å². The zero-order valence-electron chi connectivity index (χ0n) is 15.4. The van der Waals surface area contributed by atoms with Gasteiger partial charge >= 0.3 is 16.1 Å². The number of hydrogen-bond acceptors (Lipinski definition) is 7. The van der Waals surface area contributed by atoms with E-state index in [0.29, 0.717) is 23.9 Å². The Hall–Kier alpha value is -3.60. The number of nitrogens with zero attached hydrogens (tertiary/aromatic N) is 2. The summed E-state index contributed by atoms with van der Waals surface area (Å²) in [7, 11) is -4.86. The SMILES string of the molecule is CCOC(=O)c1nn(-c2ccccc2)c(=O)cc1OS(=O)(=O)c1ccc(F)cc1F. The first-order valence-corrected chi connectivity index (χ1v) is 9.90. The van der Waals surface area contributed by atoms with Crippen molar-refractivity contribution in [3.05, 3.63) is 82.3 Å². The van der Waals surface area contributed by atoms with Crippen molar-refractivity contribution in [2.45, 2.75) is 11.8 Å². The van der Waals surface area contributed by atoms with Gasteiger partial charge in [-0.05, 0) is 31.2 Å². The molecule has 0 bridgehead atoms. The molecule has 0 atom stereocenters. The molecule has 0 unspecified atom stereocenters. The highest BCUT2D eigenvalue weighted by Gasteiger charge is 2.27. The molecular weight excluding hydrogens is 422 g/mol. The Kier molecular flexibility index (Phi) is 5.92. The van der Waals surface area contributed by atoms with Crippen LogP contribution in [-0.2, 0) is 14.9 Å². The molecule has 0 saturated carbocycles. The van der Waals surface area contributed by atoms with Crippen LogP contribution in [0, 0.1) is 11.6 Å². The number of hydrogen-bond donors (Lipinski definition) is 0. The summed E-state index contributed by atoms with van der Waals surface area (Å²) in [6.45, 7) is 1.44. The van der Waals surface area contributed by atoms with Gasteiger partial charge in [-0.1, -0.05) is 18.2 Å². The van der Waals surface area contributed by atoms with Crippen molar-refractivity contribution in [1.82, 2.24) is 9.78 Å². The first kappa shape index (κ1) is 21.1. The number of ether oxygens (including phenoxy) is 1. The molecule has 0 aliphatic carbocycles. The van der Waals surface area contributed by atoms with Crippen LogP contribution in [0.4, 0.5) is 8.78 Å². The molecule has 2 aromatic carbocycles. The predicted octanol–water partition coefficient (Wildman–Crippen LogP) is 2.46. The Morgan fingerprint density at radius 3 is 2.43 bits per heavy atom. The summed E-state index contributed by atoms with van der Waals surface area (Å²) in [4.78, 5) is 23.8. The van der Waals surface area contributed by atoms with E-state index in [0.717, 1.165) is 10.7 Å². The second-order valence-corrected chi connectivity index (χ2v) is 7.29. The van der Waals surface area contributed by atoms with Crippen LogP contribution in [0.5, 0.6) is 5.75 Å². The molecule has 0 aliphatic heterocycles. The summed E-state index contributed by atoms with van der Waals surface area (Å²) < 4.78 is 62.4. The molecule has 0 spiro atoms. The monoisotopic (exact) mass is 436 g/mol. The number of carbonyl (C=O) groups excluding carboxylic acids is 1. The molecule has 0 amide bonds. The van der Waals surface area contributed by atoms with Gasteiger partial charge in [-0.3, -0.25) is 4.79 Å². The second kappa shape index (κ2) is 8.41. The molecule has 0 N–H and O–H groups in total. The molecule has 1 heterocycles. The summed E-state index contributed by atoms with van der Waals surface area (Å²) in [5.41, 5.74) is -1.14. The lowest BCUT2D eigenvalue weighted by molar-refractivity contribution is 0.0515. The first-order valence-electron chi connectivity index (χ1n) is 8.49. The largest absolute Gasteiger partial charge is 0.461 e. The summed E-state index contributed by atoms with van der Waals surface area (Å²) in [5.74, 6) is -4.22. The minimum atomic E-state index is -4.86. The molecule has 0 aliphatic rings. The van der Waals surface area contributed by atoms with Gasteiger partial charge in [0.25, 0.3) is 5.56 Å². The Morgan fingerprint density at radius 2 is 1.80 bits per heavy atom. The minimum Gasteiger partial charge on any atom is -0.461 e. The van der Waals surface area contributed by atoms with Crippen molar-refractivity contribution in [3.63, 3.8) is 0 Å². The van der Waals surface area contributed by atoms with Gasteiger partial charge in [-0.25, -0.2) is 13.6 Å². The maximum atomic E-state index is 13.9. The fraction of sp³-hybridized carbons (Fsp3) is 0.105. The average Bonchev–Trinajstić information content (AvgIpc) is 2.68. The highest BCUT2D eigenvalue weighted by atomic mass is 32.2. The number of para-hydroxylation sites is 1. The van der Waals surface area contributed by atoms with Gasteiger partial charge < -0.3 is 8.92 Å². The van der Waals surface area contributed by atoms with Gasteiger partial charge in [-0.2, -0.15) is 18.2 Å². The minimum absolute atomic E-state index is 0.0657. The maximum Gasteiger partial charge on any atom is 0.362 e. The zero-order valence-corrected chi connectivity index (χ0v) is 16.2. The van der Waals surface area contributed by atoms with Gasteiger partial charge in [0, 0.05) is 6.07 Å². The standard InChI is InChI=1S/C19H14F2N2O6S/c1-2-28-19(25)18-15(11-17(24)23(22-18)13-6-4-3-5-7-13)29-30(26,27)16-9-8-12(20)10-14(16)21/h3-11H,2H2,1H3. The molecule has 0 fully saturated rings. The third-order valence-electron chi connectivity index (χ3n) is 3.73. The molecule has 0 radical (unpaired) electrons. The van der Waals surface area contributed by atoms with Crippen LogP contribution in [-0.4, -0.2) is 30.8 Å². The van der Waals surface area contributed by atoms with Crippen molar-refractivity contribution in [2.75, 3.05) is 6.61 Å². The van der Waals surface area contributed by atoms with Crippen LogP contribution < -0.4 is 9.74 Å². The van der Waals surface area contributed by atoms with Crippen LogP contribution in [0.3, 0.4) is 0 Å². The van der Waals surface area contributed by atoms with Gasteiger partial charge in [0.1, 0.15) is 16.5 Å². The molecular formula is C19H14F2N2O6S. The summed E-state index contributed by atoms with van der Waals surface area (Å²) in [5, 5.41) is 3.86. The zero-order chi connectivity index (χ0) is 21.9. The third kappa shape index (κ3) is 4.35. The molecule has 0 saturated heterocycles. The molecule has 1 aromatic heterocycles. The molecule has 8 nitrogen and oxygen atoms in total. The predicted molar refractivity (Wildman–Crippen MR) is 100.0 cm³/mol. The smallest absolute Gasteiger partial charge is 0.362 e. The fourth-order valence-electron chi connectivity index (χ4n) is 2.44. The molecule has 30 heavy (non-hydrogen) atoms. The van der Waals surface area contributed by atoms with Crippen molar-refractivity contribution in [1.29, 1.82) is 0 Å². The number of carbonyl (C=O) groups is 1. The van der Waals surface area contributed by atoms with Crippen molar-refractivity contribution in [2.24, 2.45) is 0 Å². The highest BCUT2D eigenvalue weighted by Crippen LogP contribution is 2.23. The van der Waals surface area contributed by atoms with Crippen molar-refractivity contribution < 1.29 is 30.9 Å². The molecule has 11 heteroatoms. The van der Waals surface area contributed by atoms with Crippen molar-refractivity contribution >= 4 is 16.1 Å². The lowest BCUT2D eigenvalue weighted by atomic mass is 10.3. The lowest BCUT2D eigenvalue weighted by Crippen LogP contribution is -2.26. The van der Waals surface area contributed by atoms with E-state index in [1.807, 2.05) is 0 Å². The quantitative estimate of drug-likeness (QED) is 0.432. The Morgan fingerprint density at radius 1 is 1.10 bits per heavy atom. The van der Waals surface area contributed by atoms with Gasteiger partial charge in [0.15, 0.2) is 5.75 Å². The van der Waals surface area contributed by atoms with E-state index in [4.69, 9.17) is 8.92 Å². The van der Waals surface area contributed by atoms with Gasteiger partial charge in [-0.15, -0.1) is 0 Å². The maximum absolute atomic E-state index is 13.9. The van der Waals surface area contributed by atoms with E-state index < -0.39 is 49.6 Å². The highest BCUT2D eigenvalue weighted by molar-refractivity contribution is 7.87. The average molecular weight is 436 g/mol. The Labute approximate surface area is 169 Å². The van der Waals surface area contributed by atoms with E-state index >= 15 is 0 Å². The van der Waals surface area contributed by atoms with Crippen LogP contribution in [0.2, 0.25) is 0 Å². The molecule has 3 aromatic rings. The topological polar surface area (TPSA) is 105 Å². The van der Waals surface area contributed by atoms with Gasteiger partial charge in [0.2, 0.25) is 5.69 Å². The van der Waals surface area contributed by atoms with E-state index in [-0.39, 0.29) is 6.61 Å². The van der Waals surface area contributed by atoms with Crippen molar-refractivity contribution in [3.8, 4) is 11.4 Å². The fourth-order valence-corrected chi connectivity index (χ4v) is 3.43. The van der Waals surface area contributed by atoms with Crippen LogP contribution >= 0.6 is 0 Å². The number of aromatic nitrogens is 2. The number of halogens is 2. The van der Waals surface area contributed by atoms with E-state index in [2.05, 4.69) is 5.10 Å². The Bertz CT molecular complexity index is 1260. The third-order valence-corrected chi connectivity index (χ3v) is 5.00. The normalized spacial score (nSPS) is 11.2. The Balaban J connectivity index is 2.12. The second-order valence-electron chi connectivity index (χ2n) is 5.78. The summed E-state index contributed by atoms with van der Waals surface area (Å²) >= 11 is 0. The van der Waals surface area contributed by atoms with E-state index in [1.54, 1.807) is 18.2 Å². The number of benzene rings is 2. The molecule has 3 rings (SSSR count). The van der Waals surface area contributed by atoms with Crippen LogP contribution in [0.25, 0.3) is 5.69 Å². The van der Waals surface area contributed by atoms with Gasteiger partial charge in [0.05, 0.1) is 18.4 Å². The first-order chi connectivity index (χ1) is 14.2. The number of rotatable bonds is 6. The number of esters is 1. The summed E-state index contributed by atoms with van der Waals surface area (Å²) in [6.07, 6.45) is 0. The lowest BCUT2D eigenvalue weighted by Gasteiger charge is -2.12. The van der Waals surface area contributed by atoms with E-state index in [9.17, 15) is 26.8 Å². The summed E-state index contributed by atoms with van der Waals surface area (Å²) in [6, 6.07) is 10.5. The molecule has 156 valence electrons.